The normalized spacial score (nSPS) is 31.9. The number of hydrogen-bond acceptors (Lipinski definition) is 3. The average Bonchev–Trinajstić information content (AvgIpc) is 2.91. The molecule has 5 unspecified atom stereocenters. The molecule has 4 heteroatoms. The van der Waals surface area contributed by atoms with Gasteiger partial charge in [-0.3, -0.25) is 0 Å². The van der Waals surface area contributed by atoms with Crippen LogP contribution >= 0.6 is 0 Å². The van der Waals surface area contributed by atoms with Gasteiger partial charge in [0.05, 0.1) is 18.2 Å². The molecule has 5 atom stereocenters. The predicted molar refractivity (Wildman–Crippen MR) is 75.8 cm³/mol. The number of hydrogen-bond donors (Lipinski definition) is 1. The number of ether oxygens (including phenoxy) is 1. The molecule has 0 spiro atoms. The van der Waals surface area contributed by atoms with Crippen LogP contribution in [0, 0.1) is 17.7 Å². The van der Waals surface area contributed by atoms with Crippen molar-refractivity contribution in [3.05, 3.63) is 35.8 Å². The number of halogens is 1. The van der Waals surface area contributed by atoms with Crippen LogP contribution in [0.4, 0.5) is 4.39 Å². The van der Waals surface area contributed by atoms with Crippen LogP contribution in [0.2, 0.25) is 0 Å². The fourth-order valence-corrected chi connectivity index (χ4v) is 3.30. The Morgan fingerprint density at radius 1 is 1.15 bits per heavy atom. The van der Waals surface area contributed by atoms with Crippen molar-refractivity contribution in [3.8, 4) is 0 Å². The molecule has 2 N–H and O–H groups in total. The van der Waals surface area contributed by atoms with Gasteiger partial charge in [-0.1, -0.05) is 6.92 Å². The first-order valence-electron chi connectivity index (χ1n) is 7.07. The third-order valence-electron chi connectivity index (χ3n) is 4.56. The van der Waals surface area contributed by atoms with E-state index in [0.717, 1.165) is 5.39 Å². The van der Waals surface area contributed by atoms with Crippen LogP contribution in [0.3, 0.4) is 0 Å². The standard InChI is InChI=1S/C16H20FNO2/c1-8-9(2)19-10(3)15(8)16(18)14-7-11-6-12(17)4-5-13(11)20-14/h4-10,15-16H,18H2,1-3H3. The zero-order chi connectivity index (χ0) is 14.4. The van der Waals surface area contributed by atoms with Gasteiger partial charge in [-0.25, -0.2) is 4.39 Å². The second-order valence-electron chi connectivity index (χ2n) is 5.84. The molecular weight excluding hydrogens is 257 g/mol. The van der Waals surface area contributed by atoms with Gasteiger partial charge in [-0.2, -0.15) is 0 Å². The Kier molecular flexibility index (Phi) is 3.30. The molecule has 0 amide bonds. The first kappa shape index (κ1) is 13.6. The average molecular weight is 277 g/mol. The number of furan rings is 1. The summed E-state index contributed by atoms with van der Waals surface area (Å²) in [5.41, 5.74) is 7.05. The molecule has 1 fully saturated rings. The lowest BCUT2D eigenvalue weighted by molar-refractivity contribution is 0.0483. The second kappa shape index (κ2) is 4.86. The SMILES string of the molecule is CC1OC(C)C(C(N)c2cc3cc(F)ccc3o2)C1C. The molecule has 108 valence electrons. The van der Waals surface area contributed by atoms with Crippen LogP contribution in [0.5, 0.6) is 0 Å². The van der Waals surface area contributed by atoms with E-state index in [2.05, 4.69) is 13.8 Å². The van der Waals surface area contributed by atoms with Crippen LogP contribution < -0.4 is 5.73 Å². The summed E-state index contributed by atoms with van der Waals surface area (Å²) < 4.78 is 24.9. The van der Waals surface area contributed by atoms with Gasteiger partial charge in [0, 0.05) is 11.3 Å². The molecule has 3 nitrogen and oxygen atoms in total. The van der Waals surface area contributed by atoms with Crippen LogP contribution in [0.1, 0.15) is 32.6 Å². The van der Waals surface area contributed by atoms with Crippen molar-refractivity contribution in [1.82, 2.24) is 0 Å². The molecule has 0 bridgehead atoms. The molecule has 1 aromatic heterocycles. The fraction of sp³-hybridized carbons (Fsp3) is 0.500. The highest BCUT2D eigenvalue weighted by Gasteiger charge is 2.41. The van der Waals surface area contributed by atoms with Gasteiger partial charge in [0.2, 0.25) is 0 Å². The predicted octanol–water partition coefficient (Wildman–Crippen LogP) is 3.63. The van der Waals surface area contributed by atoms with E-state index in [1.54, 1.807) is 6.07 Å². The lowest BCUT2D eigenvalue weighted by Crippen LogP contribution is -2.30. The Hall–Kier alpha value is -1.39. The third-order valence-corrected chi connectivity index (χ3v) is 4.56. The van der Waals surface area contributed by atoms with Gasteiger partial charge in [0.15, 0.2) is 0 Å². The minimum absolute atomic E-state index is 0.0972. The number of rotatable bonds is 2. The Bertz CT molecular complexity index is 624. The van der Waals surface area contributed by atoms with Gasteiger partial charge in [0.1, 0.15) is 17.2 Å². The molecule has 0 saturated carbocycles. The minimum atomic E-state index is -0.266. The highest BCUT2D eigenvalue weighted by Crippen LogP contribution is 2.40. The summed E-state index contributed by atoms with van der Waals surface area (Å²) in [5.74, 6) is 1.00. The maximum Gasteiger partial charge on any atom is 0.134 e. The summed E-state index contributed by atoms with van der Waals surface area (Å²) in [7, 11) is 0. The lowest BCUT2D eigenvalue weighted by Gasteiger charge is -2.23. The largest absolute Gasteiger partial charge is 0.459 e. The summed E-state index contributed by atoms with van der Waals surface area (Å²) in [4.78, 5) is 0. The van der Waals surface area contributed by atoms with Crippen molar-refractivity contribution in [1.29, 1.82) is 0 Å². The van der Waals surface area contributed by atoms with E-state index >= 15 is 0 Å². The molecule has 3 rings (SSSR count). The maximum absolute atomic E-state index is 13.2. The first-order chi connectivity index (χ1) is 9.47. The summed E-state index contributed by atoms with van der Waals surface area (Å²) in [6, 6.07) is 6.11. The van der Waals surface area contributed by atoms with Crippen molar-refractivity contribution in [2.75, 3.05) is 0 Å². The van der Waals surface area contributed by atoms with E-state index in [4.69, 9.17) is 14.9 Å². The van der Waals surface area contributed by atoms with Crippen LogP contribution in [-0.2, 0) is 4.74 Å². The molecule has 1 aromatic carbocycles. The molecule has 0 aliphatic carbocycles. The minimum Gasteiger partial charge on any atom is -0.459 e. The van der Waals surface area contributed by atoms with E-state index in [1.807, 2.05) is 13.0 Å². The van der Waals surface area contributed by atoms with Crippen molar-refractivity contribution < 1.29 is 13.5 Å². The molecule has 0 radical (unpaired) electrons. The summed E-state index contributed by atoms with van der Waals surface area (Å²) in [6.45, 7) is 6.27. The summed E-state index contributed by atoms with van der Waals surface area (Å²) >= 11 is 0. The van der Waals surface area contributed by atoms with E-state index in [9.17, 15) is 4.39 Å². The van der Waals surface area contributed by atoms with Crippen LogP contribution in [0.15, 0.2) is 28.7 Å². The Balaban J connectivity index is 1.94. The lowest BCUT2D eigenvalue weighted by atomic mass is 9.83. The monoisotopic (exact) mass is 277 g/mol. The first-order valence-corrected chi connectivity index (χ1v) is 7.07. The van der Waals surface area contributed by atoms with Crippen LogP contribution in [-0.4, -0.2) is 12.2 Å². The van der Waals surface area contributed by atoms with E-state index in [1.165, 1.54) is 12.1 Å². The van der Waals surface area contributed by atoms with E-state index in [-0.39, 0.29) is 30.0 Å². The van der Waals surface area contributed by atoms with Gasteiger partial charge in [-0.15, -0.1) is 0 Å². The Labute approximate surface area is 117 Å². The summed E-state index contributed by atoms with van der Waals surface area (Å²) in [6.07, 6.45) is 0.294. The van der Waals surface area contributed by atoms with Gasteiger partial charge in [-0.05, 0) is 44.0 Å². The number of fused-ring (bicyclic) bond motifs is 1. The topological polar surface area (TPSA) is 48.4 Å². The Morgan fingerprint density at radius 3 is 2.55 bits per heavy atom. The van der Waals surface area contributed by atoms with Crippen molar-refractivity contribution in [2.45, 2.75) is 39.0 Å². The van der Waals surface area contributed by atoms with Gasteiger partial charge >= 0.3 is 0 Å². The van der Waals surface area contributed by atoms with Crippen LogP contribution in [0.25, 0.3) is 11.0 Å². The molecule has 1 saturated heterocycles. The highest BCUT2D eigenvalue weighted by molar-refractivity contribution is 5.78. The fourth-order valence-electron chi connectivity index (χ4n) is 3.30. The van der Waals surface area contributed by atoms with E-state index in [0.29, 0.717) is 17.3 Å². The van der Waals surface area contributed by atoms with Crippen molar-refractivity contribution in [2.24, 2.45) is 17.6 Å². The summed E-state index contributed by atoms with van der Waals surface area (Å²) in [5, 5.41) is 0.753. The number of nitrogens with two attached hydrogens (primary N) is 1. The quantitative estimate of drug-likeness (QED) is 0.911. The Morgan fingerprint density at radius 2 is 1.90 bits per heavy atom. The molecule has 1 aliphatic rings. The third kappa shape index (κ3) is 2.13. The molecule has 2 aromatic rings. The van der Waals surface area contributed by atoms with Gasteiger partial charge in [0.25, 0.3) is 0 Å². The number of benzene rings is 1. The highest BCUT2D eigenvalue weighted by atomic mass is 19.1. The van der Waals surface area contributed by atoms with Crippen molar-refractivity contribution >= 4 is 11.0 Å². The zero-order valence-electron chi connectivity index (χ0n) is 12.0. The van der Waals surface area contributed by atoms with Crippen molar-refractivity contribution in [3.63, 3.8) is 0 Å². The smallest absolute Gasteiger partial charge is 0.134 e. The molecule has 2 heterocycles. The molecule has 20 heavy (non-hydrogen) atoms. The second-order valence-corrected chi connectivity index (χ2v) is 5.84. The molecular formula is C16H20FNO2. The molecule has 1 aliphatic heterocycles. The van der Waals surface area contributed by atoms with Gasteiger partial charge < -0.3 is 14.9 Å². The zero-order valence-corrected chi connectivity index (χ0v) is 12.0. The maximum atomic E-state index is 13.2. The van der Waals surface area contributed by atoms with E-state index < -0.39 is 0 Å².